The van der Waals surface area contributed by atoms with Gasteiger partial charge in [0, 0.05) is 44.2 Å². The first-order valence-corrected chi connectivity index (χ1v) is 20.8. The number of amides is 7. The predicted octanol–water partition coefficient (Wildman–Crippen LogP) is 4.21. The Morgan fingerprint density at radius 2 is 1.29 bits per heavy atom. The Balaban J connectivity index is 1.81. The lowest BCUT2D eigenvalue weighted by atomic mass is 10.0. The third-order valence-corrected chi connectivity index (χ3v) is 8.58. The van der Waals surface area contributed by atoms with Crippen molar-refractivity contribution in [1.29, 1.82) is 0 Å². The molecular weight excluding hydrogens is 870 g/mol. The van der Waals surface area contributed by atoms with Crippen LogP contribution in [0.3, 0.4) is 0 Å². The van der Waals surface area contributed by atoms with Crippen molar-refractivity contribution in [2.45, 2.75) is 97.4 Å². The molecule has 362 valence electrons. The zero-order valence-electron chi connectivity index (χ0n) is 37.0. The summed E-state index contributed by atoms with van der Waals surface area (Å²) in [7, 11) is 0. The fourth-order valence-electron chi connectivity index (χ4n) is 5.39. The van der Waals surface area contributed by atoms with E-state index < -0.39 is 101 Å². The molecule has 0 saturated carbocycles. The Morgan fingerprint density at radius 3 is 1.86 bits per heavy atom. The summed E-state index contributed by atoms with van der Waals surface area (Å²) in [5.74, 6) is -12.3. The zero-order chi connectivity index (χ0) is 48.5. The van der Waals surface area contributed by atoms with Crippen LogP contribution in [0.4, 0.5) is 37.6 Å². The number of primary amides is 1. The maximum Gasteiger partial charge on any atom is 0.407 e. The van der Waals surface area contributed by atoms with Gasteiger partial charge in [-0.25, -0.2) is 23.2 Å². The van der Waals surface area contributed by atoms with E-state index in [4.69, 9.17) is 24.7 Å². The minimum absolute atomic E-state index is 0.0216. The lowest BCUT2D eigenvalue weighted by molar-refractivity contribution is -0.135. The molecule has 2 aromatic carbocycles. The van der Waals surface area contributed by atoms with Gasteiger partial charge in [0.25, 0.3) is 0 Å². The Labute approximate surface area is 373 Å². The molecule has 0 radical (unpaired) electrons. The number of benzene rings is 2. The molecule has 23 heteroatoms. The summed E-state index contributed by atoms with van der Waals surface area (Å²) in [5, 5.41) is 15.5. The molecule has 0 aliphatic carbocycles. The van der Waals surface area contributed by atoms with Crippen molar-refractivity contribution in [2.24, 2.45) is 11.7 Å². The van der Waals surface area contributed by atoms with E-state index in [1.807, 2.05) is 0 Å². The topological polar surface area (TPSA) is 264 Å². The van der Waals surface area contributed by atoms with Crippen LogP contribution in [0.25, 0.3) is 0 Å². The fraction of sp³-hybridized carbons (Fsp3) is 0.548. The number of nitrogens with one attached hydrogen (secondary N) is 6. The quantitative estimate of drug-likeness (QED) is 0.0219. The average molecular weight is 930 g/mol. The van der Waals surface area contributed by atoms with Gasteiger partial charge in [-0.1, -0.05) is 26.0 Å². The van der Waals surface area contributed by atoms with E-state index in [1.165, 1.54) is 0 Å². The standard InChI is InChI=1S/C42H59F4N7O12/c1-25(2)35(53-31(54)10-6-7-11-32(55)64-36-33(45)28(43)23-29(44)34(36)46)38(57)52-30(9-8-16-48-39(47)58)37(56)51-27-14-12-26(13-15-27)24-63-40(59)49-17-19-61-21-22-62-20-18-50-41(60)65-42(3,4)5/h12-15,23,25,30,35H,6-11,16-22,24H2,1-5H3,(H,49,59)(H,50,60)(H,51,56)(H,52,57)(H,53,54)(H3,47,48,58)/t30-,35-/m0/s1. The van der Waals surface area contributed by atoms with Crippen LogP contribution in [0.15, 0.2) is 30.3 Å². The second-order valence-electron chi connectivity index (χ2n) is 15.6. The molecule has 2 rings (SSSR count). The van der Waals surface area contributed by atoms with Crippen molar-refractivity contribution in [1.82, 2.24) is 26.6 Å². The molecule has 0 aromatic heterocycles. The van der Waals surface area contributed by atoms with Crippen molar-refractivity contribution in [3.05, 3.63) is 59.2 Å². The minimum atomic E-state index is -1.87. The lowest BCUT2D eigenvalue weighted by Crippen LogP contribution is -2.54. The van der Waals surface area contributed by atoms with E-state index in [9.17, 15) is 51.1 Å². The largest absolute Gasteiger partial charge is 0.445 e. The van der Waals surface area contributed by atoms with Crippen molar-refractivity contribution < 1.29 is 74.8 Å². The summed E-state index contributed by atoms with van der Waals surface area (Å²) in [5.41, 5.74) is 5.48. The monoisotopic (exact) mass is 929 g/mol. The maximum absolute atomic E-state index is 13.8. The van der Waals surface area contributed by atoms with Crippen LogP contribution >= 0.6 is 0 Å². The molecule has 65 heavy (non-hydrogen) atoms. The van der Waals surface area contributed by atoms with Gasteiger partial charge in [0.1, 0.15) is 24.3 Å². The molecule has 0 aliphatic heterocycles. The molecule has 0 spiro atoms. The van der Waals surface area contributed by atoms with E-state index in [1.54, 1.807) is 58.9 Å². The van der Waals surface area contributed by atoms with Crippen LogP contribution in [0.1, 0.15) is 78.7 Å². The number of halogens is 4. The van der Waals surface area contributed by atoms with E-state index in [0.29, 0.717) is 11.3 Å². The van der Waals surface area contributed by atoms with E-state index >= 15 is 0 Å². The maximum atomic E-state index is 13.8. The molecule has 0 heterocycles. The van der Waals surface area contributed by atoms with Gasteiger partial charge in [-0.2, -0.15) is 8.78 Å². The van der Waals surface area contributed by atoms with Crippen molar-refractivity contribution in [3.8, 4) is 5.75 Å². The summed E-state index contributed by atoms with van der Waals surface area (Å²) >= 11 is 0. The lowest BCUT2D eigenvalue weighted by Gasteiger charge is -2.25. The van der Waals surface area contributed by atoms with Crippen LogP contribution in [0.5, 0.6) is 5.75 Å². The SMILES string of the molecule is CC(C)[C@H](NC(=O)CCCCC(=O)Oc1c(F)c(F)cc(F)c1F)C(=O)N[C@@H](CCCNC(N)=O)C(=O)Nc1ccc(COC(=O)NCCOCCOCCNC(=O)OC(C)(C)C)cc1. The molecular formula is C42H59F4N7O12. The van der Waals surface area contributed by atoms with Crippen LogP contribution in [0, 0.1) is 29.2 Å². The summed E-state index contributed by atoms with van der Waals surface area (Å²) in [6.45, 7) is 10.1. The van der Waals surface area contributed by atoms with Gasteiger partial charge in [-0.05, 0) is 70.1 Å². The van der Waals surface area contributed by atoms with Crippen molar-refractivity contribution in [2.75, 3.05) is 51.4 Å². The first kappa shape index (κ1) is 54.9. The number of nitrogens with two attached hydrogens (primary N) is 1. The first-order valence-electron chi connectivity index (χ1n) is 20.8. The number of ether oxygens (including phenoxy) is 5. The summed E-state index contributed by atoms with van der Waals surface area (Å²) in [4.78, 5) is 86.7. The van der Waals surface area contributed by atoms with Gasteiger partial charge in [0.05, 0.1) is 26.4 Å². The Kier molecular flexibility index (Phi) is 24.1. The number of carbonyl (C=O) groups is 7. The van der Waals surface area contributed by atoms with Gasteiger partial charge < -0.3 is 61.3 Å². The van der Waals surface area contributed by atoms with Gasteiger partial charge in [-0.3, -0.25) is 19.2 Å². The Hall–Kier alpha value is -6.23. The van der Waals surface area contributed by atoms with Crippen LogP contribution in [-0.2, 0) is 44.7 Å². The zero-order valence-corrected chi connectivity index (χ0v) is 37.0. The third-order valence-electron chi connectivity index (χ3n) is 8.58. The Morgan fingerprint density at radius 1 is 0.708 bits per heavy atom. The highest BCUT2D eigenvalue weighted by atomic mass is 19.2. The normalized spacial score (nSPS) is 12.0. The highest BCUT2D eigenvalue weighted by Gasteiger charge is 2.29. The number of esters is 1. The molecule has 0 bridgehead atoms. The molecule has 0 aliphatic rings. The number of hydrogen-bond acceptors (Lipinski definition) is 12. The third kappa shape index (κ3) is 22.8. The van der Waals surface area contributed by atoms with Crippen molar-refractivity contribution >= 4 is 47.6 Å². The number of carbonyl (C=O) groups excluding carboxylic acids is 7. The smallest absolute Gasteiger partial charge is 0.407 e. The summed E-state index contributed by atoms with van der Waals surface area (Å²) in [6.07, 6.45) is -1.55. The van der Waals surface area contributed by atoms with Crippen LogP contribution in [0.2, 0.25) is 0 Å². The number of urea groups is 1. The van der Waals surface area contributed by atoms with Crippen LogP contribution < -0.4 is 42.4 Å². The van der Waals surface area contributed by atoms with Gasteiger partial charge in [-0.15, -0.1) is 0 Å². The number of rotatable bonds is 27. The number of anilines is 1. The molecule has 19 nitrogen and oxygen atoms in total. The van der Waals surface area contributed by atoms with Crippen molar-refractivity contribution in [3.63, 3.8) is 0 Å². The number of unbranched alkanes of at least 4 members (excludes halogenated alkanes) is 1. The second-order valence-corrected chi connectivity index (χ2v) is 15.6. The molecule has 0 fully saturated rings. The minimum Gasteiger partial charge on any atom is -0.445 e. The van der Waals surface area contributed by atoms with Gasteiger partial charge in [0.2, 0.25) is 35.1 Å². The highest BCUT2D eigenvalue weighted by molar-refractivity contribution is 5.98. The number of hydrogen-bond donors (Lipinski definition) is 7. The van der Waals surface area contributed by atoms with E-state index in [0.717, 1.165) is 0 Å². The summed E-state index contributed by atoms with van der Waals surface area (Å²) in [6, 6.07) is 3.26. The molecule has 0 unspecified atom stereocenters. The van der Waals surface area contributed by atoms with E-state index in [-0.39, 0.29) is 90.8 Å². The second kappa shape index (κ2) is 28.5. The molecule has 2 aromatic rings. The van der Waals surface area contributed by atoms with E-state index in [2.05, 4.69) is 36.6 Å². The first-order chi connectivity index (χ1) is 30.7. The van der Waals surface area contributed by atoms with Gasteiger partial charge >= 0.3 is 24.2 Å². The number of alkyl carbamates (subject to hydrolysis) is 2. The van der Waals surface area contributed by atoms with Gasteiger partial charge in [0.15, 0.2) is 11.6 Å². The predicted molar refractivity (Wildman–Crippen MR) is 225 cm³/mol. The molecule has 8 N–H and O–H groups in total. The van der Waals surface area contributed by atoms with Crippen LogP contribution in [-0.4, -0.2) is 106 Å². The molecule has 2 atom stereocenters. The fourth-order valence-corrected chi connectivity index (χ4v) is 5.39. The Bertz CT molecular complexity index is 1880. The average Bonchev–Trinajstić information content (AvgIpc) is 3.22. The molecule has 7 amide bonds. The highest BCUT2D eigenvalue weighted by Crippen LogP contribution is 2.27. The summed E-state index contributed by atoms with van der Waals surface area (Å²) < 4.78 is 80.0. The molecule has 0 saturated heterocycles.